The van der Waals surface area contributed by atoms with Crippen molar-refractivity contribution in [2.75, 3.05) is 25.6 Å². The normalized spacial score (nSPS) is 12.1. The number of anilines is 1. The quantitative estimate of drug-likeness (QED) is 0.608. The van der Waals surface area contributed by atoms with Crippen molar-refractivity contribution >= 4 is 17.0 Å². The molecule has 126 valence electrons. The van der Waals surface area contributed by atoms with Crippen LogP contribution in [0, 0.1) is 0 Å². The zero-order valence-corrected chi connectivity index (χ0v) is 13.5. The molecule has 0 aliphatic carbocycles. The average molecular weight is 329 g/mol. The minimum Gasteiger partial charge on any atom is -0.493 e. The topological polar surface area (TPSA) is 105 Å². The standard InChI is InChI=1S/C16H19N5O3/c1-10(21-16-14-15(18-8-17-14)19-9-20-16)11-3-4-12(24-6-5-22)13(7-11)23-2/h3-4,7-10,22H,5-6H2,1-2H3,(H2,17,18,19,20,21). The number of nitrogens with zero attached hydrogens (tertiary/aromatic N) is 3. The first-order valence-corrected chi connectivity index (χ1v) is 7.55. The Morgan fingerprint density at radius 3 is 2.92 bits per heavy atom. The van der Waals surface area contributed by atoms with E-state index in [0.29, 0.717) is 23.0 Å². The summed E-state index contributed by atoms with van der Waals surface area (Å²) in [6.45, 7) is 2.20. The van der Waals surface area contributed by atoms with Crippen LogP contribution >= 0.6 is 0 Å². The number of aliphatic hydroxyl groups excluding tert-OH is 1. The first-order chi connectivity index (χ1) is 11.7. The van der Waals surface area contributed by atoms with Gasteiger partial charge in [-0.05, 0) is 24.6 Å². The Morgan fingerprint density at radius 2 is 2.12 bits per heavy atom. The second-order valence-electron chi connectivity index (χ2n) is 5.17. The van der Waals surface area contributed by atoms with Crippen LogP contribution in [0.25, 0.3) is 11.2 Å². The monoisotopic (exact) mass is 329 g/mol. The van der Waals surface area contributed by atoms with Crippen molar-refractivity contribution in [3.05, 3.63) is 36.4 Å². The van der Waals surface area contributed by atoms with Gasteiger partial charge in [0.2, 0.25) is 0 Å². The Labute approximate surface area is 138 Å². The molecule has 0 fully saturated rings. The van der Waals surface area contributed by atoms with Gasteiger partial charge in [-0.25, -0.2) is 15.0 Å². The summed E-state index contributed by atoms with van der Waals surface area (Å²) in [4.78, 5) is 15.5. The number of H-pyrrole nitrogens is 1. The average Bonchev–Trinajstić information content (AvgIpc) is 3.09. The van der Waals surface area contributed by atoms with E-state index < -0.39 is 0 Å². The lowest BCUT2D eigenvalue weighted by molar-refractivity contribution is 0.196. The Hall–Kier alpha value is -2.87. The Bertz CT molecular complexity index is 820. The van der Waals surface area contributed by atoms with Crippen LogP contribution in [0.5, 0.6) is 11.5 Å². The van der Waals surface area contributed by atoms with Crippen molar-refractivity contribution in [1.82, 2.24) is 19.9 Å². The van der Waals surface area contributed by atoms with Gasteiger partial charge in [0.25, 0.3) is 0 Å². The lowest BCUT2D eigenvalue weighted by Gasteiger charge is -2.17. The third-order valence-electron chi connectivity index (χ3n) is 3.61. The zero-order chi connectivity index (χ0) is 16.9. The molecule has 0 saturated carbocycles. The molecule has 0 aliphatic heterocycles. The van der Waals surface area contributed by atoms with E-state index in [4.69, 9.17) is 14.6 Å². The van der Waals surface area contributed by atoms with Crippen LogP contribution in [0.4, 0.5) is 5.82 Å². The number of methoxy groups -OCH3 is 1. The van der Waals surface area contributed by atoms with Gasteiger partial charge in [-0.15, -0.1) is 0 Å². The van der Waals surface area contributed by atoms with Crippen LogP contribution in [-0.4, -0.2) is 45.4 Å². The van der Waals surface area contributed by atoms with Gasteiger partial charge >= 0.3 is 0 Å². The smallest absolute Gasteiger partial charge is 0.182 e. The Balaban J connectivity index is 1.82. The van der Waals surface area contributed by atoms with E-state index in [9.17, 15) is 0 Å². The van der Waals surface area contributed by atoms with Crippen LogP contribution in [0.1, 0.15) is 18.5 Å². The van der Waals surface area contributed by atoms with E-state index in [2.05, 4.69) is 25.3 Å². The number of ether oxygens (including phenoxy) is 2. The number of aromatic amines is 1. The van der Waals surface area contributed by atoms with Crippen molar-refractivity contribution in [2.45, 2.75) is 13.0 Å². The molecular weight excluding hydrogens is 310 g/mol. The van der Waals surface area contributed by atoms with Gasteiger partial charge in [0.1, 0.15) is 18.5 Å². The molecule has 0 spiro atoms. The Morgan fingerprint density at radius 1 is 1.25 bits per heavy atom. The molecule has 3 N–H and O–H groups in total. The highest BCUT2D eigenvalue weighted by molar-refractivity contribution is 5.82. The number of benzene rings is 1. The van der Waals surface area contributed by atoms with E-state index in [1.165, 1.54) is 6.33 Å². The lowest BCUT2D eigenvalue weighted by Crippen LogP contribution is -2.09. The van der Waals surface area contributed by atoms with Crippen molar-refractivity contribution in [2.24, 2.45) is 0 Å². The molecule has 0 saturated heterocycles. The van der Waals surface area contributed by atoms with Crippen LogP contribution in [0.2, 0.25) is 0 Å². The maximum Gasteiger partial charge on any atom is 0.182 e. The number of aromatic nitrogens is 4. The lowest BCUT2D eigenvalue weighted by atomic mass is 10.1. The van der Waals surface area contributed by atoms with E-state index >= 15 is 0 Å². The molecule has 2 heterocycles. The van der Waals surface area contributed by atoms with Crippen LogP contribution in [0.15, 0.2) is 30.9 Å². The number of imidazole rings is 1. The largest absolute Gasteiger partial charge is 0.493 e. The van der Waals surface area contributed by atoms with Crippen molar-refractivity contribution in [3.63, 3.8) is 0 Å². The fraction of sp³-hybridized carbons (Fsp3) is 0.312. The molecule has 3 rings (SSSR count). The van der Waals surface area contributed by atoms with Gasteiger partial charge in [-0.1, -0.05) is 6.07 Å². The fourth-order valence-corrected chi connectivity index (χ4v) is 2.39. The van der Waals surface area contributed by atoms with Crippen LogP contribution in [-0.2, 0) is 0 Å². The fourth-order valence-electron chi connectivity index (χ4n) is 2.39. The third-order valence-corrected chi connectivity index (χ3v) is 3.61. The molecule has 0 amide bonds. The molecule has 1 aromatic carbocycles. The summed E-state index contributed by atoms with van der Waals surface area (Å²) in [5.74, 6) is 1.90. The van der Waals surface area contributed by atoms with E-state index in [1.54, 1.807) is 13.4 Å². The summed E-state index contributed by atoms with van der Waals surface area (Å²) in [5.41, 5.74) is 2.39. The summed E-state index contributed by atoms with van der Waals surface area (Å²) >= 11 is 0. The molecular formula is C16H19N5O3. The first kappa shape index (κ1) is 16.0. The van der Waals surface area contributed by atoms with E-state index in [0.717, 1.165) is 11.1 Å². The highest BCUT2D eigenvalue weighted by atomic mass is 16.5. The third kappa shape index (κ3) is 3.23. The number of hydrogen-bond donors (Lipinski definition) is 3. The minimum atomic E-state index is -0.0449. The van der Waals surface area contributed by atoms with Crippen molar-refractivity contribution in [1.29, 1.82) is 0 Å². The van der Waals surface area contributed by atoms with Crippen molar-refractivity contribution in [3.8, 4) is 11.5 Å². The molecule has 8 nitrogen and oxygen atoms in total. The van der Waals surface area contributed by atoms with Crippen LogP contribution in [0.3, 0.4) is 0 Å². The summed E-state index contributed by atoms with van der Waals surface area (Å²) in [6.07, 6.45) is 3.07. The maximum atomic E-state index is 8.87. The molecule has 1 atom stereocenters. The molecule has 0 bridgehead atoms. The molecule has 1 unspecified atom stereocenters. The predicted octanol–water partition coefficient (Wildman–Crippen LogP) is 1.91. The van der Waals surface area contributed by atoms with Crippen LogP contribution < -0.4 is 14.8 Å². The zero-order valence-electron chi connectivity index (χ0n) is 13.5. The molecule has 2 aromatic heterocycles. The highest BCUT2D eigenvalue weighted by Crippen LogP contribution is 2.31. The number of nitrogens with one attached hydrogen (secondary N) is 2. The summed E-state index contributed by atoms with van der Waals surface area (Å²) in [5, 5.41) is 12.2. The maximum absolute atomic E-state index is 8.87. The Kier molecular flexibility index (Phi) is 4.76. The van der Waals surface area contributed by atoms with Gasteiger partial charge < -0.3 is 24.9 Å². The van der Waals surface area contributed by atoms with Gasteiger partial charge in [0, 0.05) is 0 Å². The number of hydrogen-bond acceptors (Lipinski definition) is 7. The number of aliphatic hydroxyl groups is 1. The molecule has 24 heavy (non-hydrogen) atoms. The second-order valence-corrected chi connectivity index (χ2v) is 5.17. The summed E-state index contributed by atoms with van der Waals surface area (Å²) < 4.78 is 10.8. The SMILES string of the molecule is COc1cc(C(C)Nc2ncnc3nc[nH]c23)ccc1OCCO. The number of fused-ring (bicyclic) bond motifs is 1. The second kappa shape index (κ2) is 7.14. The van der Waals surface area contributed by atoms with E-state index in [-0.39, 0.29) is 19.3 Å². The molecule has 0 aliphatic rings. The summed E-state index contributed by atoms with van der Waals surface area (Å²) in [6, 6.07) is 5.65. The minimum absolute atomic E-state index is 0.0211. The van der Waals surface area contributed by atoms with Gasteiger partial charge in [0.15, 0.2) is 23.0 Å². The number of rotatable bonds is 7. The summed E-state index contributed by atoms with van der Waals surface area (Å²) in [7, 11) is 1.58. The van der Waals surface area contributed by atoms with Gasteiger partial charge in [-0.2, -0.15) is 0 Å². The van der Waals surface area contributed by atoms with Crippen molar-refractivity contribution < 1.29 is 14.6 Å². The molecule has 0 radical (unpaired) electrons. The first-order valence-electron chi connectivity index (χ1n) is 7.55. The molecule has 8 heteroatoms. The van der Waals surface area contributed by atoms with Gasteiger partial charge in [-0.3, -0.25) is 0 Å². The molecule has 3 aromatic rings. The van der Waals surface area contributed by atoms with E-state index in [1.807, 2.05) is 25.1 Å². The predicted molar refractivity (Wildman–Crippen MR) is 89.3 cm³/mol. The van der Waals surface area contributed by atoms with Gasteiger partial charge in [0.05, 0.1) is 26.1 Å². The highest BCUT2D eigenvalue weighted by Gasteiger charge is 2.13.